The summed E-state index contributed by atoms with van der Waals surface area (Å²) in [6.07, 6.45) is 0. The van der Waals surface area contributed by atoms with Crippen LogP contribution in [0, 0.1) is 0 Å². The van der Waals surface area contributed by atoms with E-state index in [9.17, 15) is 0 Å². The highest BCUT2D eigenvalue weighted by Gasteiger charge is 2.58. The molecule has 6 heterocycles. The molecule has 0 amide bonds. The highest BCUT2D eigenvalue weighted by molar-refractivity contribution is 6.04. The third-order valence-electron chi connectivity index (χ3n) is 30.8. The van der Waals surface area contributed by atoms with E-state index in [0.29, 0.717) is 0 Å². The van der Waals surface area contributed by atoms with Crippen molar-refractivity contribution in [1.29, 1.82) is 0 Å². The average Bonchev–Trinajstić information content (AvgIpc) is 1.51. The summed E-state index contributed by atoms with van der Waals surface area (Å²) < 4.78 is 0. The van der Waals surface area contributed by atoms with Crippen LogP contribution in [0.1, 0.15) is 67.0 Å². The van der Waals surface area contributed by atoms with Crippen molar-refractivity contribution in [3.8, 4) is 135 Å². The van der Waals surface area contributed by atoms with Gasteiger partial charge in [0.05, 0.1) is 84.5 Å². The third kappa shape index (κ3) is 14.0. The fourth-order valence-electron chi connectivity index (χ4n) is 24.5. The minimum Gasteiger partial charge on any atom is -0.310 e. The average molecular weight is 1910 g/mol. The Labute approximate surface area is 871 Å². The zero-order valence-corrected chi connectivity index (χ0v) is 81.7. The quantitative estimate of drug-likeness (QED) is 0.119. The predicted octanol–water partition coefficient (Wildman–Crippen LogP) is 34.9. The van der Waals surface area contributed by atoms with Crippen LogP contribution in [0.3, 0.4) is 0 Å². The molecule has 0 bridgehead atoms. The van der Waals surface area contributed by atoms with Gasteiger partial charge in [0.25, 0.3) is 0 Å². The molecule has 702 valence electrons. The Morgan fingerprint density at radius 3 is 0.647 bits per heavy atom. The van der Waals surface area contributed by atoms with Gasteiger partial charge in [-0.3, -0.25) is 0 Å². The minimum atomic E-state index is -0.671. The Hall–Kier alpha value is -19.7. The SMILES string of the molecule is c1ccc(-c2ccc(-c3nc(-c4ccccc4)c4c(n3)C3(c5ccccc5-4)c4ccccc4N(c4ccccc4)c4ccccc43)cc2)cc1.c1ccc(-c2ccc(-c3nc(-c4ccccc4)nc4c3-c3ccccc3C43c4ccccc4N(c4ccccc4)c4ccccc43)cc2)cc1.c1ccc(-c2ccc(-c3nc(-c4ccccc4)nc4c3C3(c5ccccc5-4)c4ccccc4N(c4ccccc4)c4ccccc43)cc2)cc1. The highest BCUT2D eigenvalue weighted by atomic mass is 15.2. The number of aromatic nitrogens is 6. The highest BCUT2D eigenvalue weighted by Crippen LogP contribution is 2.69. The Kier molecular flexibility index (Phi) is 21.4. The molecule has 0 saturated carbocycles. The molecule has 0 N–H and O–H groups in total. The number of benzene rings is 21. The van der Waals surface area contributed by atoms with Crippen molar-refractivity contribution in [2.45, 2.75) is 16.2 Å². The summed E-state index contributed by atoms with van der Waals surface area (Å²) in [6.45, 7) is 0. The van der Waals surface area contributed by atoms with Gasteiger partial charge in [-0.25, -0.2) is 29.9 Å². The van der Waals surface area contributed by atoms with Gasteiger partial charge in [0.2, 0.25) is 0 Å². The van der Waals surface area contributed by atoms with E-state index >= 15 is 0 Å². The van der Waals surface area contributed by atoms with Crippen molar-refractivity contribution in [3.05, 3.63) is 631 Å². The van der Waals surface area contributed by atoms with E-state index in [1.807, 2.05) is 12.1 Å². The van der Waals surface area contributed by atoms with Crippen LogP contribution in [0.2, 0.25) is 0 Å². The van der Waals surface area contributed by atoms with Crippen LogP contribution in [-0.2, 0) is 16.2 Å². The second-order valence-electron chi connectivity index (χ2n) is 38.8. The molecule has 9 heteroatoms. The lowest BCUT2D eigenvalue weighted by atomic mass is 9.64. The van der Waals surface area contributed by atoms with Gasteiger partial charge >= 0.3 is 0 Å². The van der Waals surface area contributed by atoms with E-state index in [4.69, 9.17) is 29.9 Å². The van der Waals surface area contributed by atoms with Gasteiger partial charge in [-0.2, -0.15) is 0 Å². The van der Waals surface area contributed by atoms with E-state index in [2.05, 4.69) is 567 Å². The summed E-state index contributed by atoms with van der Waals surface area (Å²) in [5, 5.41) is 0. The minimum absolute atomic E-state index is 0.660. The Bertz CT molecular complexity index is 9010. The van der Waals surface area contributed by atoms with Crippen LogP contribution in [-0.4, -0.2) is 29.9 Å². The molecule has 24 aromatic rings. The molecule has 21 aromatic carbocycles. The Morgan fingerprint density at radius 2 is 0.327 bits per heavy atom. The smallest absolute Gasteiger partial charge is 0.160 e. The molecule has 3 aliphatic carbocycles. The van der Waals surface area contributed by atoms with Crippen molar-refractivity contribution >= 4 is 51.2 Å². The monoisotopic (exact) mass is 1910 g/mol. The number of hydrogen-bond donors (Lipinski definition) is 0. The molecule has 3 spiro atoms. The summed E-state index contributed by atoms with van der Waals surface area (Å²) in [5.41, 5.74) is 45.1. The Morgan fingerprint density at radius 1 is 0.133 bits per heavy atom. The zero-order valence-electron chi connectivity index (χ0n) is 81.7. The van der Waals surface area contributed by atoms with Crippen LogP contribution >= 0.6 is 0 Å². The first-order valence-corrected chi connectivity index (χ1v) is 51.3. The van der Waals surface area contributed by atoms with Crippen molar-refractivity contribution in [3.63, 3.8) is 0 Å². The van der Waals surface area contributed by atoms with E-state index in [0.717, 1.165) is 158 Å². The zero-order chi connectivity index (χ0) is 99.2. The topological polar surface area (TPSA) is 87.1 Å². The molecule has 150 heavy (non-hydrogen) atoms. The molecule has 3 aliphatic heterocycles. The molecule has 3 aromatic heterocycles. The molecule has 6 aliphatic rings. The van der Waals surface area contributed by atoms with Crippen LogP contribution in [0.15, 0.2) is 564 Å². The lowest BCUT2D eigenvalue weighted by molar-refractivity contribution is 0.723. The molecule has 30 rings (SSSR count). The summed E-state index contributed by atoms with van der Waals surface area (Å²) in [7, 11) is 0. The van der Waals surface area contributed by atoms with Gasteiger partial charge in [0.1, 0.15) is 0 Å². The van der Waals surface area contributed by atoms with Gasteiger partial charge in [-0.05, 0) is 167 Å². The van der Waals surface area contributed by atoms with E-state index in [-0.39, 0.29) is 0 Å². The van der Waals surface area contributed by atoms with Crippen molar-refractivity contribution in [1.82, 2.24) is 29.9 Å². The molecule has 0 radical (unpaired) electrons. The standard InChI is InChI=1S/3C47H31N3/c1-4-16-32(17-5-1)33-28-30-34(31-29-33)44-43-45(49-46(48-44)35-18-6-2-7-19-35)37-22-10-11-23-38(37)47(43)39-24-12-14-26-41(39)50(36-20-8-3-9-21-36)42-27-15-13-25-40(42)47;1-4-16-32(17-5-1)33-28-30-34(31-29-33)44-43-37-22-10-11-23-38(37)47(45(43)49-46(48-44)35-18-6-2-7-19-35)39-24-12-14-26-41(39)50(36-20-8-3-9-21-36)42-27-15-13-25-40(42)47;1-4-16-32(17-5-1)33-28-30-35(31-29-33)46-48-44(34-18-6-2-7-19-34)43-37-22-10-11-23-38(37)47(45(43)49-46)39-24-12-14-26-41(39)50(36-20-8-3-9-21-36)42-27-15-13-25-40(42)47/h3*1-31H. The predicted molar refractivity (Wildman–Crippen MR) is 612 cm³/mol. The van der Waals surface area contributed by atoms with Gasteiger partial charge in [-0.15, -0.1) is 0 Å². The van der Waals surface area contributed by atoms with Crippen molar-refractivity contribution in [2.75, 3.05) is 14.7 Å². The lowest BCUT2D eigenvalue weighted by Gasteiger charge is -2.45. The molecular weight excluding hydrogens is 1820 g/mol. The first-order valence-electron chi connectivity index (χ1n) is 51.3. The fraction of sp³-hybridized carbons (Fsp3) is 0.0213. The molecule has 0 atom stereocenters. The maximum atomic E-state index is 5.67. The molecule has 9 nitrogen and oxygen atoms in total. The lowest BCUT2D eigenvalue weighted by Crippen LogP contribution is -2.37. The maximum absolute atomic E-state index is 5.67. The third-order valence-corrected chi connectivity index (χ3v) is 30.8. The first-order chi connectivity index (χ1) is 74.5. The number of fused-ring (bicyclic) bond motifs is 27. The van der Waals surface area contributed by atoms with Gasteiger partial charge in [0.15, 0.2) is 17.5 Å². The molecular formula is C141H93N9. The van der Waals surface area contributed by atoms with E-state index < -0.39 is 16.2 Å². The number of hydrogen-bond acceptors (Lipinski definition) is 9. The summed E-state index contributed by atoms with van der Waals surface area (Å²) in [4.78, 5) is 40.3. The largest absolute Gasteiger partial charge is 0.310 e. The van der Waals surface area contributed by atoms with Gasteiger partial charge < -0.3 is 14.7 Å². The van der Waals surface area contributed by atoms with E-state index in [1.165, 1.54) is 94.6 Å². The normalized spacial score (nSPS) is 13.3. The van der Waals surface area contributed by atoms with Crippen LogP contribution in [0.25, 0.3) is 135 Å². The first kappa shape index (κ1) is 88.0. The maximum Gasteiger partial charge on any atom is 0.160 e. The second kappa shape index (κ2) is 36.5. The van der Waals surface area contributed by atoms with Crippen LogP contribution in [0.5, 0.6) is 0 Å². The number of nitrogens with zero attached hydrogens (tertiary/aromatic N) is 9. The molecule has 0 saturated heterocycles. The summed E-state index contributed by atoms with van der Waals surface area (Å²) >= 11 is 0. The van der Waals surface area contributed by atoms with Crippen molar-refractivity contribution in [2.24, 2.45) is 0 Å². The summed E-state index contributed by atoms with van der Waals surface area (Å²) in [6, 6.07) is 201. The van der Waals surface area contributed by atoms with Crippen molar-refractivity contribution < 1.29 is 0 Å². The second-order valence-corrected chi connectivity index (χ2v) is 38.8. The summed E-state index contributed by atoms with van der Waals surface area (Å²) in [5.74, 6) is 2.16. The van der Waals surface area contributed by atoms with Gasteiger partial charge in [0, 0.05) is 72.7 Å². The van der Waals surface area contributed by atoms with E-state index in [1.54, 1.807) is 0 Å². The van der Waals surface area contributed by atoms with Crippen LogP contribution < -0.4 is 14.7 Å². The number of anilines is 9. The molecule has 0 unspecified atom stereocenters. The van der Waals surface area contributed by atoms with Gasteiger partial charge in [-0.1, -0.05) is 491 Å². The number of rotatable bonds is 12. The number of para-hydroxylation sites is 9. The molecule has 0 fully saturated rings. The fourth-order valence-corrected chi connectivity index (χ4v) is 24.5. The van der Waals surface area contributed by atoms with Crippen LogP contribution in [0.4, 0.5) is 51.2 Å². The Balaban J connectivity index is 0.000000108.